The van der Waals surface area contributed by atoms with Crippen molar-refractivity contribution in [2.24, 2.45) is 0 Å². The Morgan fingerprint density at radius 3 is 2.88 bits per heavy atom. The maximum Gasteiger partial charge on any atom is 0.213 e. The number of nitrogens with one attached hydrogen (secondary N) is 1. The lowest BCUT2D eigenvalue weighted by Gasteiger charge is -2.05. The lowest BCUT2D eigenvalue weighted by atomic mass is 10.4. The molecule has 0 aliphatic carbocycles. The second-order valence-corrected chi connectivity index (χ2v) is 4.59. The van der Waals surface area contributed by atoms with E-state index < -0.39 is 0 Å². The van der Waals surface area contributed by atoms with Gasteiger partial charge in [-0.15, -0.1) is 11.3 Å². The molecule has 1 N–H and O–H groups in total. The number of thiazole rings is 1. The normalized spacial score (nSPS) is 10.2. The van der Waals surface area contributed by atoms with Crippen LogP contribution in [-0.4, -0.2) is 16.6 Å². The van der Waals surface area contributed by atoms with Gasteiger partial charge in [0.2, 0.25) is 5.88 Å². The van der Waals surface area contributed by atoms with E-state index in [1.807, 2.05) is 26.0 Å². The fraction of sp³-hybridized carbons (Fsp3) is 0.333. The minimum atomic E-state index is 0.637. The van der Waals surface area contributed by atoms with E-state index >= 15 is 0 Å². The number of aromatic nitrogens is 2. The van der Waals surface area contributed by atoms with Gasteiger partial charge in [-0.1, -0.05) is 0 Å². The van der Waals surface area contributed by atoms with Gasteiger partial charge in [0.15, 0.2) is 0 Å². The standard InChI is InChI=1S/C12H15N3OS/c1-3-16-12-5-4-10(6-14-12)13-7-11-8-17-9(2)15-11/h4-6,8,13H,3,7H2,1-2H3. The zero-order chi connectivity index (χ0) is 12.1. The Balaban J connectivity index is 1.90. The van der Waals surface area contributed by atoms with Gasteiger partial charge >= 0.3 is 0 Å². The molecule has 2 aromatic heterocycles. The third kappa shape index (κ3) is 3.42. The first-order valence-electron chi connectivity index (χ1n) is 5.51. The molecule has 0 aliphatic heterocycles. The number of aryl methyl sites for hydroxylation is 1. The van der Waals surface area contributed by atoms with E-state index in [9.17, 15) is 0 Å². The third-order valence-electron chi connectivity index (χ3n) is 2.17. The second kappa shape index (κ2) is 5.63. The van der Waals surface area contributed by atoms with Crippen LogP contribution < -0.4 is 10.1 Å². The SMILES string of the molecule is CCOc1ccc(NCc2csc(C)n2)cn1. The number of anilines is 1. The summed E-state index contributed by atoms with van der Waals surface area (Å²) < 4.78 is 5.28. The molecule has 90 valence electrons. The van der Waals surface area contributed by atoms with Gasteiger partial charge < -0.3 is 10.1 Å². The quantitative estimate of drug-likeness (QED) is 0.885. The minimum Gasteiger partial charge on any atom is -0.478 e. The van der Waals surface area contributed by atoms with E-state index in [-0.39, 0.29) is 0 Å². The second-order valence-electron chi connectivity index (χ2n) is 3.53. The smallest absolute Gasteiger partial charge is 0.213 e. The van der Waals surface area contributed by atoms with Crippen LogP contribution in [0.4, 0.5) is 5.69 Å². The molecule has 0 aliphatic rings. The summed E-state index contributed by atoms with van der Waals surface area (Å²) in [5.74, 6) is 0.655. The van der Waals surface area contributed by atoms with E-state index in [1.54, 1.807) is 17.5 Å². The molecule has 0 atom stereocenters. The van der Waals surface area contributed by atoms with Crippen LogP contribution in [0.15, 0.2) is 23.7 Å². The monoisotopic (exact) mass is 249 g/mol. The molecule has 2 heterocycles. The van der Waals surface area contributed by atoms with Crippen molar-refractivity contribution in [3.63, 3.8) is 0 Å². The van der Waals surface area contributed by atoms with Crippen LogP contribution in [0.1, 0.15) is 17.6 Å². The molecule has 4 nitrogen and oxygen atoms in total. The summed E-state index contributed by atoms with van der Waals surface area (Å²) >= 11 is 1.66. The number of nitrogens with zero attached hydrogens (tertiary/aromatic N) is 2. The van der Waals surface area contributed by atoms with Crippen molar-refractivity contribution < 1.29 is 4.74 Å². The predicted octanol–water partition coefficient (Wildman–Crippen LogP) is 2.86. The topological polar surface area (TPSA) is 47.0 Å². The average Bonchev–Trinajstić information content (AvgIpc) is 2.75. The molecule has 0 unspecified atom stereocenters. The molecule has 0 radical (unpaired) electrons. The molecular weight excluding hydrogens is 234 g/mol. The van der Waals surface area contributed by atoms with Crippen molar-refractivity contribution in [1.82, 2.24) is 9.97 Å². The molecular formula is C12H15N3OS. The highest BCUT2D eigenvalue weighted by molar-refractivity contribution is 7.09. The molecule has 0 saturated carbocycles. The zero-order valence-electron chi connectivity index (χ0n) is 9.93. The van der Waals surface area contributed by atoms with Gasteiger partial charge in [-0.3, -0.25) is 0 Å². The summed E-state index contributed by atoms with van der Waals surface area (Å²) in [6.07, 6.45) is 1.77. The van der Waals surface area contributed by atoms with Crippen LogP contribution >= 0.6 is 11.3 Å². The molecule has 0 bridgehead atoms. The Kier molecular flexibility index (Phi) is 3.93. The van der Waals surface area contributed by atoms with Crippen LogP contribution in [0.2, 0.25) is 0 Å². The van der Waals surface area contributed by atoms with E-state index in [0.717, 1.165) is 22.9 Å². The van der Waals surface area contributed by atoms with Gasteiger partial charge in [-0.2, -0.15) is 0 Å². The predicted molar refractivity (Wildman–Crippen MR) is 69.6 cm³/mol. The van der Waals surface area contributed by atoms with E-state index in [0.29, 0.717) is 12.5 Å². The first-order valence-corrected chi connectivity index (χ1v) is 6.39. The van der Waals surface area contributed by atoms with Gasteiger partial charge in [0.1, 0.15) is 0 Å². The lowest BCUT2D eigenvalue weighted by Crippen LogP contribution is -2.01. The maximum absolute atomic E-state index is 5.28. The van der Waals surface area contributed by atoms with Crippen LogP contribution in [0, 0.1) is 6.92 Å². The Hall–Kier alpha value is -1.62. The minimum absolute atomic E-state index is 0.637. The molecule has 2 aromatic rings. The molecule has 0 saturated heterocycles. The third-order valence-corrected chi connectivity index (χ3v) is 2.99. The fourth-order valence-corrected chi connectivity index (χ4v) is 2.01. The maximum atomic E-state index is 5.28. The fourth-order valence-electron chi connectivity index (χ4n) is 1.40. The number of ether oxygens (including phenoxy) is 1. The number of hydrogen-bond acceptors (Lipinski definition) is 5. The van der Waals surface area contributed by atoms with Crippen molar-refractivity contribution in [3.8, 4) is 5.88 Å². The number of pyridine rings is 1. The summed E-state index contributed by atoms with van der Waals surface area (Å²) in [7, 11) is 0. The molecule has 17 heavy (non-hydrogen) atoms. The zero-order valence-corrected chi connectivity index (χ0v) is 10.8. The largest absolute Gasteiger partial charge is 0.478 e. The molecule has 0 spiro atoms. The first kappa shape index (κ1) is 11.9. The Bertz CT molecular complexity index is 467. The van der Waals surface area contributed by atoms with Crippen molar-refractivity contribution in [2.75, 3.05) is 11.9 Å². The van der Waals surface area contributed by atoms with Gasteiger partial charge in [-0.25, -0.2) is 9.97 Å². The van der Waals surface area contributed by atoms with Crippen molar-refractivity contribution in [3.05, 3.63) is 34.4 Å². The molecule has 0 fully saturated rings. The Morgan fingerprint density at radius 1 is 1.41 bits per heavy atom. The molecule has 0 aromatic carbocycles. The number of hydrogen-bond donors (Lipinski definition) is 1. The summed E-state index contributed by atoms with van der Waals surface area (Å²) in [6.45, 7) is 5.31. The van der Waals surface area contributed by atoms with Gasteiger partial charge in [0.25, 0.3) is 0 Å². The van der Waals surface area contributed by atoms with Gasteiger partial charge in [0.05, 0.1) is 35.7 Å². The summed E-state index contributed by atoms with van der Waals surface area (Å²) in [5.41, 5.74) is 2.03. The summed E-state index contributed by atoms with van der Waals surface area (Å²) in [6, 6.07) is 3.81. The van der Waals surface area contributed by atoms with Crippen LogP contribution in [0.25, 0.3) is 0 Å². The summed E-state index contributed by atoms with van der Waals surface area (Å²) in [5, 5.41) is 6.42. The van der Waals surface area contributed by atoms with E-state index in [4.69, 9.17) is 4.74 Å². The van der Waals surface area contributed by atoms with Crippen molar-refractivity contribution in [2.45, 2.75) is 20.4 Å². The highest BCUT2D eigenvalue weighted by atomic mass is 32.1. The van der Waals surface area contributed by atoms with E-state index in [2.05, 4.69) is 20.7 Å². The van der Waals surface area contributed by atoms with Crippen molar-refractivity contribution >= 4 is 17.0 Å². The van der Waals surface area contributed by atoms with E-state index in [1.165, 1.54) is 0 Å². The highest BCUT2D eigenvalue weighted by Gasteiger charge is 1.99. The lowest BCUT2D eigenvalue weighted by molar-refractivity contribution is 0.327. The molecule has 0 amide bonds. The van der Waals surface area contributed by atoms with Crippen LogP contribution in [0.5, 0.6) is 5.88 Å². The highest BCUT2D eigenvalue weighted by Crippen LogP contribution is 2.13. The van der Waals surface area contributed by atoms with Crippen LogP contribution in [-0.2, 0) is 6.54 Å². The molecule has 5 heteroatoms. The van der Waals surface area contributed by atoms with Gasteiger partial charge in [0, 0.05) is 11.4 Å². The number of rotatable bonds is 5. The molecule has 2 rings (SSSR count). The average molecular weight is 249 g/mol. The van der Waals surface area contributed by atoms with Gasteiger partial charge in [-0.05, 0) is 19.9 Å². The van der Waals surface area contributed by atoms with Crippen LogP contribution in [0.3, 0.4) is 0 Å². The Labute approximate surface area is 105 Å². The van der Waals surface area contributed by atoms with Crippen molar-refractivity contribution in [1.29, 1.82) is 0 Å². The summed E-state index contributed by atoms with van der Waals surface area (Å²) in [4.78, 5) is 8.57. The first-order chi connectivity index (χ1) is 8.28. The Morgan fingerprint density at radius 2 is 2.29 bits per heavy atom.